The van der Waals surface area contributed by atoms with Crippen LogP contribution in [-0.4, -0.2) is 22.1 Å². The smallest absolute Gasteiger partial charge is 0.168 e. The maximum Gasteiger partial charge on any atom is 0.168 e. The van der Waals surface area contributed by atoms with Crippen molar-refractivity contribution in [3.63, 3.8) is 0 Å². The van der Waals surface area contributed by atoms with Crippen molar-refractivity contribution in [3.05, 3.63) is 45.7 Å². The summed E-state index contributed by atoms with van der Waals surface area (Å²) in [5.41, 5.74) is 4.64. The van der Waals surface area contributed by atoms with Crippen LogP contribution in [0.25, 0.3) is 0 Å². The molecule has 3 rings (SSSR count). The molecule has 1 aromatic carbocycles. The zero-order valence-corrected chi connectivity index (χ0v) is 13.0. The monoisotopic (exact) mass is 303 g/mol. The Morgan fingerprint density at radius 3 is 3.00 bits per heavy atom. The van der Waals surface area contributed by atoms with E-state index in [-0.39, 0.29) is 12.2 Å². The van der Waals surface area contributed by atoms with Crippen molar-refractivity contribution < 1.29 is 4.79 Å². The molecule has 0 bridgehead atoms. The number of Topliss-reactive ketones (excluding diaryl/α,β-unsaturated/α-hetero) is 1. The highest BCUT2D eigenvalue weighted by Crippen LogP contribution is 2.25. The maximum absolute atomic E-state index is 12.5. The number of halogens is 1. The number of carbonyl (C=O) groups is 1. The largest absolute Gasteiger partial charge is 0.385 e. The van der Waals surface area contributed by atoms with Gasteiger partial charge in [-0.1, -0.05) is 11.6 Å². The molecule has 1 N–H and O–H groups in total. The van der Waals surface area contributed by atoms with Crippen molar-refractivity contribution in [2.24, 2.45) is 7.05 Å². The summed E-state index contributed by atoms with van der Waals surface area (Å²) in [6.45, 7) is 2.85. The Balaban J connectivity index is 1.85. The third kappa shape index (κ3) is 2.68. The highest BCUT2D eigenvalue weighted by molar-refractivity contribution is 6.32. The number of fused-ring (bicyclic) bond motifs is 1. The number of hydrogen-bond acceptors (Lipinski definition) is 3. The normalized spacial score (nSPS) is 13.7. The molecule has 0 aliphatic carbocycles. The minimum absolute atomic E-state index is 0.0771. The molecule has 0 unspecified atom stereocenters. The quantitative estimate of drug-likeness (QED) is 0.886. The Kier molecular flexibility index (Phi) is 3.72. The van der Waals surface area contributed by atoms with E-state index in [0.717, 1.165) is 42.0 Å². The minimum Gasteiger partial charge on any atom is -0.385 e. The van der Waals surface area contributed by atoms with Gasteiger partial charge in [0.2, 0.25) is 0 Å². The lowest BCUT2D eigenvalue weighted by Crippen LogP contribution is -2.13. The molecule has 2 aromatic rings. The SMILES string of the molecule is Cc1nn(C)c(CC(=O)c2ccc3c(c2)CCCN3)c1Cl. The molecule has 0 spiro atoms. The van der Waals surface area contributed by atoms with E-state index in [0.29, 0.717) is 5.02 Å². The van der Waals surface area contributed by atoms with Gasteiger partial charge in [0.05, 0.1) is 22.8 Å². The molecule has 110 valence electrons. The third-order valence-corrected chi connectivity index (χ3v) is 4.45. The van der Waals surface area contributed by atoms with E-state index in [1.807, 2.05) is 32.2 Å². The highest BCUT2D eigenvalue weighted by Gasteiger charge is 2.17. The first kappa shape index (κ1) is 14.1. The lowest BCUT2D eigenvalue weighted by Gasteiger charge is -2.18. The Morgan fingerprint density at radius 2 is 2.29 bits per heavy atom. The summed E-state index contributed by atoms with van der Waals surface area (Å²) in [5, 5.41) is 8.19. The number of carbonyl (C=O) groups excluding carboxylic acids is 1. The molecule has 2 heterocycles. The summed E-state index contributed by atoms with van der Waals surface area (Å²) in [7, 11) is 1.82. The van der Waals surface area contributed by atoms with Gasteiger partial charge in [0, 0.05) is 24.8 Å². The second-order valence-electron chi connectivity index (χ2n) is 5.47. The van der Waals surface area contributed by atoms with Gasteiger partial charge in [-0.2, -0.15) is 5.10 Å². The van der Waals surface area contributed by atoms with E-state index < -0.39 is 0 Å². The number of ketones is 1. The number of aromatic nitrogens is 2. The molecule has 0 radical (unpaired) electrons. The van der Waals surface area contributed by atoms with Crippen LogP contribution in [-0.2, 0) is 19.9 Å². The van der Waals surface area contributed by atoms with Crippen LogP contribution in [0, 0.1) is 6.92 Å². The van der Waals surface area contributed by atoms with Gasteiger partial charge in [0.15, 0.2) is 5.78 Å². The van der Waals surface area contributed by atoms with E-state index in [1.54, 1.807) is 4.68 Å². The predicted molar refractivity (Wildman–Crippen MR) is 84.2 cm³/mol. The number of nitrogens with zero attached hydrogens (tertiary/aromatic N) is 2. The topological polar surface area (TPSA) is 46.9 Å². The summed E-state index contributed by atoms with van der Waals surface area (Å²) < 4.78 is 1.69. The van der Waals surface area contributed by atoms with Crippen LogP contribution >= 0.6 is 11.6 Å². The summed E-state index contributed by atoms with van der Waals surface area (Å²) in [4.78, 5) is 12.5. The summed E-state index contributed by atoms with van der Waals surface area (Å²) in [6, 6.07) is 5.88. The van der Waals surface area contributed by atoms with Gasteiger partial charge < -0.3 is 5.32 Å². The molecule has 1 aliphatic rings. The van der Waals surface area contributed by atoms with Crippen molar-refractivity contribution in [1.29, 1.82) is 0 Å². The molecular weight excluding hydrogens is 286 g/mol. The molecule has 0 atom stereocenters. The fraction of sp³-hybridized carbons (Fsp3) is 0.375. The first-order chi connectivity index (χ1) is 10.1. The van der Waals surface area contributed by atoms with Crippen molar-refractivity contribution in [2.45, 2.75) is 26.2 Å². The van der Waals surface area contributed by atoms with Gasteiger partial charge in [0.25, 0.3) is 0 Å². The van der Waals surface area contributed by atoms with Crippen molar-refractivity contribution in [2.75, 3.05) is 11.9 Å². The lowest BCUT2D eigenvalue weighted by atomic mass is 9.98. The molecule has 21 heavy (non-hydrogen) atoms. The zero-order chi connectivity index (χ0) is 15.0. The number of rotatable bonds is 3. The van der Waals surface area contributed by atoms with Gasteiger partial charge >= 0.3 is 0 Å². The maximum atomic E-state index is 12.5. The standard InChI is InChI=1S/C16H18ClN3O/c1-10-16(17)14(20(2)19-10)9-15(21)12-5-6-13-11(8-12)4-3-7-18-13/h5-6,8,18H,3-4,7,9H2,1-2H3. The molecule has 5 heteroatoms. The number of nitrogens with one attached hydrogen (secondary N) is 1. The zero-order valence-electron chi connectivity index (χ0n) is 12.2. The first-order valence-electron chi connectivity index (χ1n) is 7.14. The Morgan fingerprint density at radius 1 is 1.48 bits per heavy atom. The second kappa shape index (κ2) is 5.53. The highest BCUT2D eigenvalue weighted by atomic mass is 35.5. The van der Waals surface area contributed by atoms with Crippen molar-refractivity contribution in [1.82, 2.24) is 9.78 Å². The van der Waals surface area contributed by atoms with Crippen LogP contribution in [0.2, 0.25) is 5.02 Å². The van der Waals surface area contributed by atoms with E-state index in [2.05, 4.69) is 10.4 Å². The second-order valence-corrected chi connectivity index (χ2v) is 5.85. The van der Waals surface area contributed by atoms with E-state index >= 15 is 0 Å². The van der Waals surface area contributed by atoms with Crippen LogP contribution in [0.3, 0.4) is 0 Å². The van der Waals surface area contributed by atoms with Crippen LogP contribution < -0.4 is 5.32 Å². The molecule has 0 amide bonds. The average Bonchev–Trinajstić information content (AvgIpc) is 2.73. The molecule has 0 fully saturated rings. The Hall–Kier alpha value is -1.81. The van der Waals surface area contributed by atoms with Crippen molar-refractivity contribution >= 4 is 23.1 Å². The first-order valence-corrected chi connectivity index (χ1v) is 7.52. The summed E-state index contributed by atoms with van der Waals surface area (Å²) in [6.07, 6.45) is 2.41. The molecule has 1 aliphatic heterocycles. The van der Waals surface area contributed by atoms with E-state index in [1.165, 1.54) is 5.56 Å². The Labute approximate surface area is 129 Å². The van der Waals surface area contributed by atoms with Gasteiger partial charge in [-0.15, -0.1) is 0 Å². The average molecular weight is 304 g/mol. The van der Waals surface area contributed by atoms with Gasteiger partial charge in [0.1, 0.15) is 0 Å². The number of benzene rings is 1. The molecule has 0 saturated heterocycles. The van der Waals surface area contributed by atoms with Gasteiger partial charge in [-0.25, -0.2) is 0 Å². The summed E-state index contributed by atoms with van der Waals surface area (Å²) in [5.74, 6) is 0.0771. The predicted octanol–water partition coefficient (Wildman–Crippen LogP) is 3.17. The molecule has 4 nitrogen and oxygen atoms in total. The van der Waals surface area contributed by atoms with Crippen LogP contribution in [0.1, 0.15) is 33.7 Å². The van der Waals surface area contributed by atoms with Gasteiger partial charge in [-0.3, -0.25) is 9.48 Å². The molecular formula is C16H18ClN3O. The number of anilines is 1. The van der Waals surface area contributed by atoms with Crippen LogP contribution in [0.5, 0.6) is 0 Å². The molecule has 1 aromatic heterocycles. The van der Waals surface area contributed by atoms with Crippen molar-refractivity contribution in [3.8, 4) is 0 Å². The lowest BCUT2D eigenvalue weighted by molar-refractivity contribution is 0.0990. The van der Waals surface area contributed by atoms with Gasteiger partial charge in [-0.05, 0) is 43.5 Å². The van der Waals surface area contributed by atoms with E-state index in [4.69, 9.17) is 11.6 Å². The summed E-state index contributed by atoms with van der Waals surface area (Å²) >= 11 is 6.22. The number of aryl methyl sites for hydroxylation is 3. The third-order valence-electron chi connectivity index (χ3n) is 3.96. The molecule has 0 saturated carbocycles. The van der Waals surface area contributed by atoms with E-state index in [9.17, 15) is 4.79 Å². The fourth-order valence-corrected chi connectivity index (χ4v) is 3.00. The Bertz CT molecular complexity index is 706. The van der Waals surface area contributed by atoms with Crippen LogP contribution in [0.4, 0.5) is 5.69 Å². The number of hydrogen-bond donors (Lipinski definition) is 1. The minimum atomic E-state index is 0.0771. The van der Waals surface area contributed by atoms with Crippen LogP contribution in [0.15, 0.2) is 18.2 Å². The fourth-order valence-electron chi connectivity index (χ4n) is 2.77.